The van der Waals surface area contributed by atoms with Gasteiger partial charge in [0.1, 0.15) is 5.56 Å². The highest BCUT2D eigenvalue weighted by molar-refractivity contribution is 6.31. The second-order valence-corrected chi connectivity index (χ2v) is 10.2. The fourth-order valence-corrected chi connectivity index (χ4v) is 6.88. The number of aromatic amines is 1. The number of aromatic nitrogens is 1. The van der Waals surface area contributed by atoms with Crippen LogP contribution in [0.5, 0.6) is 0 Å². The molecule has 5 nitrogen and oxygen atoms in total. The number of carbonyl (C=O) groups excluding carboxylic acids is 1. The molecule has 4 atom stereocenters. The summed E-state index contributed by atoms with van der Waals surface area (Å²) in [6, 6.07) is 5.97. The molecule has 4 aliphatic rings. The van der Waals surface area contributed by atoms with Crippen molar-refractivity contribution in [2.75, 3.05) is 19.6 Å². The van der Waals surface area contributed by atoms with Crippen LogP contribution in [0.15, 0.2) is 40.8 Å². The molecule has 3 aliphatic heterocycles. The van der Waals surface area contributed by atoms with Crippen molar-refractivity contribution in [3.05, 3.63) is 56.9 Å². The molecule has 4 heterocycles. The normalized spacial score (nSPS) is 30.5. The Morgan fingerprint density at radius 2 is 2.06 bits per heavy atom. The number of H-pyrrole nitrogens is 1. The highest BCUT2D eigenvalue weighted by Crippen LogP contribution is 2.45. The average molecular weight is 438 g/mol. The van der Waals surface area contributed by atoms with Crippen molar-refractivity contribution in [2.45, 2.75) is 50.6 Å². The van der Waals surface area contributed by atoms with Crippen LogP contribution in [0.3, 0.4) is 0 Å². The Balaban J connectivity index is 1.36. The SMILES string of the molecule is O=C(c1c[nH]c2cc(Cl)ccc2c1=O)N1CCCC2=C[C@H]3C[C@H](CN4CCCC[C@H]34)[C@H]21. The first-order valence-electron chi connectivity index (χ1n) is 11.7. The van der Waals surface area contributed by atoms with E-state index in [0.717, 1.165) is 25.9 Å². The minimum Gasteiger partial charge on any atom is -0.360 e. The predicted octanol–water partition coefficient (Wildman–Crippen LogP) is 4.22. The molecule has 1 aliphatic carbocycles. The van der Waals surface area contributed by atoms with E-state index in [-0.39, 0.29) is 22.9 Å². The van der Waals surface area contributed by atoms with Gasteiger partial charge in [-0.05, 0) is 68.7 Å². The second-order valence-electron chi connectivity index (χ2n) is 9.73. The van der Waals surface area contributed by atoms with Crippen molar-refractivity contribution in [2.24, 2.45) is 11.8 Å². The van der Waals surface area contributed by atoms with Crippen LogP contribution in [0.4, 0.5) is 0 Å². The lowest BCUT2D eigenvalue weighted by atomic mass is 9.68. The van der Waals surface area contributed by atoms with Crippen LogP contribution < -0.4 is 5.43 Å². The number of hydrogen-bond donors (Lipinski definition) is 1. The maximum absolute atomic E-state index is 13.7. The molecule has 0 saturated carbocycles. The molecular weight excluding hydrogens is 410 g/mol. The third kappa shape index (κ3) is 3.16. The fraction of sp³-hybridized carbons (Fsp3) is 0.520. The monoisotopic (exact) mass is 437 g/mol. The van der Waals surface area contributed by atoms with Gasteiger partial charge in [-0.15, -0.1) is 0 Å². The van der Waals surface area contributed by atoms with Gasteiger partial charge in [0.05, 0.1) is 11.6 Å². The fourth-order valence-electron chi connectivity index (χ4n) is 6.71. The van der Waals surface area contributed by atoms with E-state index in [1.165, 1.54) is 37.8 Å². The van der Waals surface area contributed by atoms with Crippen molar-refractivity contribution in [3.8, 4) is 0 Å². The summed E-state index contributed by atoms with van der Waals surface area (Å²) in [5.74, 6) is 0.976. The number of piperidine rings is 3. The van der Waals surface area contributed by atoms with E-state index < -0.39 is 0 Å². The molecule has 0 unspecified atom stereocenters. The Morgan fingerprint density at radius 1 is 1.16 bits per heavy atom. The lowest BCUT2D eigenvalue weighted by Gasteiger charge is -2.54. The van der Waals surface area contributed by atoms with E-state index in [1.54, 1.807) is 24.4 Å². The van der Waals surface area contributed by atoms with Gasteiger partial charge in [0.15, 0.2) is 0 Å². The Hall–Kier alpha value is -2.11. The van der Waals surface area contributed by atoms with E-state index in [9.17, 15) is 9.59 Å². The number of nitrogens with zero attached hydrogens (tertiary/aromatic N) is 2. The number of nitrogens with one attached hydrogen (secondary N) is 1. The summed E-state index contributed by atoms with van der Waals surface area (Å²) in [4.78, 5) is 34.6. The largest absolute Gasteiger partial charge is 0.360 e. The van der Waals surface area contributed by atoms with Crippen LogP contribution in [-0.4, -0.2) is 52.4 Å². The van der Waals surface area contributed by atoms with E-state index >= 15 is 0 Å². The van der Waals surface area contributed by atoms with Gasteiger partial charge in [-0.1, -0.05) is 29.7 Å². The molecular formula is C25H28ClN3O2. The molecule has 1 N–H and O–H groups in total. The third-order valence-electron chi connectivity index (χ3n) is 7.99. The Labute approximate surface area is 187 Å². The van der Waals surface area contributed by atoms with Crippen molar-refractivity contribution in [1.29, 1.82) is 0 Å². The third-order valence-corrected chi connectivity index (χ3v) is 8.23. The van der Waals surface area contributed by atoms with Crippen LogP contribution in [0.25, 0.3) is 10.9 Å². The first-order chi connectivity index (χ1) is 15.1. The number of amides is 1. The lowest BCUT2D eigenvalue weighted by Crippen LogP contribution is -2.60. The zero-order valence-corrected chi connectivity index (χ0v) is 18.4. The van der Waals surface area contributed by atoms with Gasteiger partial charge in [0.2, 0.25) is 5.43 Å². The van der Waals surface area contributed by atoms with E-state index in [1.807, 2.05) is 4.90 Å². The van der Waals surface area contributed by atoms with Crippen molar-refractivity contribution < 1.29 is 4.79 Å². The van der Waals surface area contributed by atoms with Crippen LogP contribution >= 0.6 is 11.6 Å². The summed E-state index contributed by atoms with van der Waals surface area (Å²) >= 11 is 6.06. The first kappa shape index (κ1) is 19.6. The van der Waals surface area contributed by atoms with Gasteiger partial charge in [-0.2, -0.15) is 0 Å². The van der Waals surface area contributed by atoms with Gasteiger partial charge in [0.25, 0.3) is 5.91 Å². The van der Waals surface area contributed by atoms with Gasteiger partial charge in [0, 0.05) is 35.7 Å². The maximum atomic E-state index is 13.7. The van der Waals surface area contributed by atoms with Crippen molar-refractivity contribution >= 4 is 28.4 Å². The molecule has 1 amide bonds. The molecule has 1 aromatic heterocycles. The molecule has 2 aromatic rings. The topological polar surface area (TPSA) is 56.4 Å². The quantitative estimate of drug-likeness (QED) is 0.679. The predicted molar refractivity (Wildman–Crippen MR) is 123 cm³/mol. The van der Waals surface area contributed by atoms with Crippen LogP contribution in [-0.2, 0) is 0 Å². The van der Waals surface area contributed by atoms with E-state index in [4.69, 9.17) is 11.6 Å². The molecule has 3 saturated heterocycles. The Bertz CT molecular complexity index is 1140. The number of benzene rings is 1. The Morgan fingerprint density at radius 3 is 2.97 bits per heavy atom. The van der Waals surface area contributed by atoms with Crippen molar-refractivity contribution in [1.82, 2.24) is 14.8 Å². The number of hydrogen-bond acceptors (Lipinski definition) is 3. The molecule has 31 heavy (non-hydrogen) atoms. The zero-order valence-electron chi connectivity index (χ0n) is 17.6. The van der Waals surface area contributed by atoms with Gasteiger partial charge < -0.3 is 9.88 Å². The van der Waals surface area contributed by atoms with Crippen LogP contribution in [0.2, 0.25) is 5.02 Å². The number of halogens is 1. The Kier molecular flexibility index (Phi) is 4.73. The van der Waals surface area contributed by atoms with E-state index in [2.05, 4.69) is 16.0 Å². The average Bonchev–Trinajstić information content (AvgIpc) is 2.78. The molecule has 3 fully saturated rings. The molecule has 6 heteroatoms. The molecule has 0 radical (unpaired) electrons. The lowest BCUT2D eigenvalue weighted by molar-refractivity contribution is 0.00143. The maximum Gasteiger partial charge on any atom is 0.259 e. The molecule has 162 valence electrons. The summed E-state index contributed by atoms with van der Waals surface area (Å²) in [5, 5.41) is 1.08. The van der Waals surface area contributed by atoms with Crippen molar-refractivity contribution in [3.63, 3.8) is 0 Å². The molecule has 2 bridgehead atoms. The van der Waals surface area contributed by atoms with Gasteiger partial charge in [-0.25, -0.2) is 0 Å². The van der Waals surface area contributed by atoms with Crippen LogP contribution in [0.1, 0.15) is 48.9 Å². The van der Waals surface area contributed by atoms with Gasteiger partial charge in [-0.3, -0.25) is 14.5 Å². The van der Waals surface area contributed by atoms with E-state index in [0.29, 0.717) is 33.8 Å². The number of carbonyl (C=O) groups is 1. The standard InChI is InChI=1S/C25H28ClN3O2/c26-18-6-7-19-21(12-18)27-13-20(24(19)30)25(31)29-9-3-4-15-10-16-11-17(23(15)29)14-28-8-2-1-5-22(16)28/h6-7,10,12-13,16-17,22-23H,1-5,8-9,11,14H2,(H,27,30)/t16-,17+,22+,23-/m0/s1. The summed E-state index contributed by atoms with van der Waals surface area (Å²) in [6.45, 7) is 3.00. The summed E-state index contributed by atoms with van der Waals surface area (Å²) in [7, 11) is 0. The first-order valence-corrected chi connectivity index (χ1v) is 12.0. The second kappa shape index (κ2) is 7.49. The summed E-state index contributed by atoms with van der Waals surface area (Å²) < 4.78 is 0. The minimum atomic E-state index is -0.208. The summed E-state index contributed by atoms with van der Waals surface area (Å²) in [6.07, 6.45) is 11.3. The smallest absolute Gasteiger partial charge is 0.259 e. The summed E-state index contributed by atoms with van der Waals surface area (Å²) in [5.41, 5.74) is 2.14. The van der Waals surface area contributed by atoms with Gasteiger partial charge >= 0.3 is 0 Å². The highest BCUT2D eigenvalue weighted by Gasteiger charge is 2.47. The number of rotatable bonds is 1. The zero-order chi connectivity index (χ0) is 21.1. The number of likely N-dealkylation sites (tertiary alicyclic amines) is 1. The molecule has 0 spiro atoms. The van der Waals surface area contributed by atoms with Crippen LogP contribution in [0, 0.1) is 11.8 Å². The highest BCUT2D eigenvalue weighted by atomic mass is 35.5. The number of pyridine rings is 1. The minimum absolute atomic E-state index is 0.132. The number of fused-ring (bicyclic) bond motifs is 7. The molecule has 6 rings (SSSR count). The molecule has 1 aromatic carbocycles.